The fourth-order valence-electron chi connectivity index (χ4n) is 1.24. The van der Waals surface area contributed by atoms with Gasteiger partial charge in [-0.25, -0.2) is 8.78 Å². The number of carbonyl (C=O) groups is 1. The highest BCUT2D eigenvalue weighted by Crippen LogP contribution is 2.28. The lowest BCUT2D eigenvalue weighted by molar-refractivity contribution is -0.138. The van der Waals surface area contributed by atoms with Crippen LogP contribution in [0.2, 0.25) is 0 Å². The Morgan fingerprint density at radius 1 is 1.29 bits per heavy atom. The van der Waals surface area contributed by atoms with E-state index in [1.54, 1.807) is 6.07 Å². The van der Waals surface area contributed by atoms with Crippen molar-refractivity contribution in [3.05, 3.63) is 35.4 Å². The fraction of sp³-hybridized carbons (Fsp3) is 0.300. The van der Waals surface area contributed by atoms with Gasteiger partial charge in [0.15, 0.2) is 0 Å². The van der Waals surface area contributed by atoms with Crippen LogP contribution in [0.4, 0.5) is 8.78 Å². The van der Waals surface area contributed by atoms with Crippen molar-refractivity contribution in [1.82, 2.24) is 0 Å². The number of carboxylic acids is 1. The van der Waals surface area contributed by atoms with Crippen LogP contribution in [0.25, 0.3) is 0 Å². The molecule has 1 rings (SSSR count). The van der Waals surface area contributed by atoms with Gasteiger partial charge in [0.1, 0.15) is 0 Å². The Kier molecular flexibility index (Phi) is 3.17. The molecule has 0 fully saturated rings. The second-order valence-corrected chi connectivity index (χ2v) is 2.99. The standard InChI is InChI=1S/C10H10F2O2/c1-6(10(13)14)7-4-2-3-5-8(7)9(11)12/h2-6,9H,1H3,(H,13,14). The van der Waals surface area contributed by atoms with E-state index in [4.69, 9.17) is 5.11 Å². The highest BCUT2D eigenvalue weighted by molar-refractivity contribution is 5.76. The lowest BCUT2D eigenvalue weighted by atomic mass is 9.96. The number of aliphatic carboxylic acids is 1. The Balaban J connectivity index is 3.13. The Hall–Kier alpha value is -1.45. The predicted molar refractivity (Wildman–Crippen MR) is 47.4 cm³/mol. The first kappa shape index (κ1) is 10.6. The lowest BCUT2D eigenvalue weighted by Crippen LogP contribution is -2.10. The molecule has 0 radical (unpaired) electrons. The molecular weight excluding hydrogens is 190 g/mol. The maximum Gasteiger partial charge on any atom is 0.310 e. The molecule has 0 aromatic heterocycles. The van der Waals surface area contributed by atoms with Gasteiger partial charge in [0.2, 0.25) is 0 Å². The maximum absolute atomic E-state index is 12.5. The largest absolute Gasteiger partial charge is 0.481 e. The number of rotatable bonds is 3. The Labute approximate surface area is 80.2 Å². The van der Waals surface area contributed by atoms with Crippen molar-refractivity contribution < 1.29 is 18.7 Å². The summed E-state index contributed by atoms with van der Waals surface area (Å²) in [5.41, 5.74) is -0.0302. The summed E-state index contributed by atoms with van der Waals surface area (Å²) in [6.45, 7) is 1.39. The molecule has 1 aromatic carbocycles. The van der Waals surface area contributed by atoms with Crippen LogP contribution < -0.4 is 0 Å². The zero-order chi connectivity index (χ0) is 10.7. The average Bonchev–Trinajstić information content (AvgIpc) is 2.16. The van der Waals surface area contributed by atoms with Gasteiger partial charge in [0.05, 0.1) is 5.92 Å². The molecule has 2 nitrogen and oxygen atoms in total. The average molecular weight is 200 g/mol. The molecule has 1 unspecified atom stereocenters. The van der Waals surface area contributed by atoms with Crippen LogP contribution in [0, 0.1) is 0 Å². The molecule has 0 heterocycles. The molecule has 0 saturated carbocycles. The van der Waals surface area contributed by atoms with Crippen LogP contribution >= 0.6 is 0 Å². The van der Waals surface area contributed by atoms with Crippen molar-refractivity contribution in [3.63, 3.8) is 0 Å². The topological polar surface area (TPSA) is 37.3 Å². The maximum atomic E-state index is 12.5. The first-order valence-corrected chi connectivity index (χ1v) is 4.13. The number of halogens is 2. The van der Waals surface area contributed by atoms with Crippen molar-refractivity contribution >= 4 is 5.97 Å². The molecule has 0 aliphatic rings. The summed E-state index contributed by atoms with van der Waals surface area (Å²) >= 11 is 0. The Morgan fingerprint density at radius 3 is 2.21 bits per heavy atom. The van der Waals surface area contributed by atoms with Gasteiger partial charge in [0.25, 0.3) is 6.43 Å². The molecule has 1 N–H and O–H groups in total. The summed E-state index contributed by atoms with van der Waals surface area (Å²) in [6, 6.07) is 5.69. The van der Waals surface area contributed by atoms with Gasteiger partial charge in [-0.05, 0) is 12.5 Å². The molecule has 14 heavy (non-hydrogen) atoms. The zero-order valence-electron chi connectivity index (χ0n) is 7.58. The summed E-state index contributed by atoms with van der Waals surface area (Å²) in [5, 5.41) is 8.70. The second kappa shape index (κ2) is 4.17. The molecule has 0 bridgehead atoms. The van der Waals surface area contributed by atoms with Crippen LogP contribution in [-0.4, -0.2) is 11.1 Å². The third-order valence-corrected chi connectivity index (χ3v) is 2.07. The van der Waals surface area contributed by atoms with Crippen LogP contribution in [0.3, 0.4) is 0 Å². The van der Waals surface area contributed by atoms with Gasteiger partial charge in [-0.1, -0.05) is 24.3 Å². The number of carboxylic acid groups (broad SMARTS) is 1. The smallest absolute Gasteiger partial charge is 0.310 e. The van der Waals surface area contributed by atoms with E-state index in [-0.39, 0.29) is 11.1 Å². The van der Waals surface area contributed by atoms with E-state index in [0.717, 1.165) is 0 Å². The highest BCUT2D eigenvalue weighted by atomic mass is 19.3. The summed E-state index contributed by atoms with van der Waals surface area (Å²) in [5.74, 6) is -2.00. The quantitative estimate of drug-likeness (QED) is 0.814. The minimum Gasteiger partial charge on any atom is -0.481 e. The van der Waals surface area contributed by atoms with Gasteiger partial charge in [0, 0.05) is 5.56 Å². The predicted octanol–water partition coefficient (Wildman–Crippen LogP) is 2.81. The van der Waals surface area contributed by atoms with E-state index >= 15 is 0 Å². The number of alkyl halides is 2. The third kappa shape index (κ3) is 2.07. The number of benzene rings is 1. The highest BCUT2D eigenvalue weighted by Gasteiger charge is 2.20. The molecule has 1 atom stereocenters. The normalized spacial score (nSPS) is 12.9. The minimum atomic E-state index is -2.63. The molecule has 0 aliphatic carbocycles. The fourth-order valence-corrected chi connectivity index (χ4v) is 1.24. The summed E-state index contributed by atoms with van der Waals surface area (Å²) in [4.78, 5) is 10.6. The molecule has 0 spiro atoms. The van der Waals surface area contributed by atoms with Gasteiger partial charge >= 0.3 is 5.97 Å². The first-order chi connectivity index (χ1) is 6.54. The number of hydrogen-bond acceptors (Lipinski definition) is 1. The SMILES string of the molecule is CC(C(=O)O)c1ccccc1C(F)F. The van der Waals surface area contributed by atoms with Crippen molar-refractivity contribution in [2.75, 3.05) is 0 Å². The van der Waals surface area contributed by atoms with Gasteiger partial charge in [-0.2, -0.15) is 0 Å². The van der Waals surface area contributed by atoms with Crippen molar-refractivity contribution in [1.29, 1.82) is 0 Å². The monoisotopic (exact) mass is 200 g/mol. The molecular formula is C10H10F2O2. The van der Waals surface area contributed by atoms with Crippen LogP contribution in [0.1, 0.15) is 30.4 Å². The van der Waals surface area contributed by atoms with Crippen LogP contribution in [0.5, 0.6) is 0 Å². The summed E-state index contributed by atoms with van der Waals surface area (Å²) in [6.07, 6.45) is -2.63. The van der Waals surface area contributed by atoms with E-state index in [0.29, 0.717) is 0 Å². The minimum absolute atomic E-state index is 0.176. The van der Waals surface area contributed by atoms with E-state index in [1.807, 2.05) is 0 Å². The van der Waals surface area contributed by atoms with Crippen molar-refractivity contribution in [2.24, 2.45) is 0 Å². The second-order valence-electron chi connectivity index (χ2n) is 2.99. The zero-order valence-corrected chi connectivity index (χ0v) is 7.58. The van der Waals surface area contributed by atoms with Crippen LogP contribution in [0.15, 0.2) is 24.3 Å². The molecule has 4 heteroatoms. The molecule has 76 valence electrons. The molecule has 1 aromatic rings. The van der Waals surface area contributed by atoms with Gasteiger partial charge in [-0.3, -0.25) is 4.79 Å². The number of hydrogen-bond donors (Lipinski definition) is 1. The van der Waals surface area contributed by atoms with E-state index in [9.17, 15) is 13.6 Å². The van der Waals surface area contributed by atoms with E-state index in [1.165, 1.54) is 25.1 Å². The molecule has 0 aliphatic heterocycles. The van der Waals surface area contributed by atoms with Crippen LogP contribution in [-0.2, 0) is 4.79 Å². The Morgan fingerprint density at radius 2 is 1.79 bits per heavy atom. The third-order valence-electron chi connectivity index (χ3n) is 2.07. The van der Waals surface area contributed by atoms with Crippen molar-refractivity contribution in [2.45, 2.75) is 19.3 Å². The van der Waals surface area contributed by atoms with E-state index in [2.05, 4.69) is 0 Å². The van der Waals surface area contributed by atoms with Crippen molar-refractivity contribution in [3.8, 4) is 0 Å². The summed E-state index contributed by atoms with van der Waals surface area (Å²) in [7, 11) is 0. The first-order valence-electron chi connectivity index (χ1n) is 4.13. The molecule has 0 saturated heterocycles. The Bertz CT molecular complexity index is 337. The van der Waals surface area contributed by atoms with Gasteiger partial charge in [-0.15, -0.1) is 0 Å². The lowest BCUT2D eigenvalue weighted by Gasteiger charge is -2.11. The summed E-state index contributed by atoms with van der Waals surface area (Å²) < 4.78 is 24.9. The van der Waals surface area contributed by atoms with E-state index < -0.39 is 18.3 Å². The molecule has 0 amide bonds. The van der Waals surface area contributed by atoms with Gasteiger partial charge < -0.3 is 5.11 Å².